The third kappa shape index (κ3) is 7.48. The molecule has 1 unspecified atom stereocenters. The number of benzene rings is 2. The standard InChI is InChI=1S/C37H51N5O7S/c1-37(2,3)27-21-26(34(38)43)33(49-6)30(39-50(7,47)48)29(27)28-25-12-8-11-24(31(25)41(5)32(28)36(45)46)20-22-10-9-16-42(19-13-22)35(44)23-14-17-40(4)18-15-23/h8,11-12,21-23,39H,9-10,13-20H2,1-7H3,(H2,38,43)(H,45,46). The number of carboxylic acid groups (broad SMARTS) is 1. The van der Waals surface area contributed by atoms with Crippen LogP contribution in [0.4, 0.5) is 5.69 Å². The first-order valence-corrected chi connectivity index (χ1v) is 19.2. The first kappa shape index (κ1) is 37.2. The zero-order valence-electron chi connectivity index (χ0n) is 30.3. The summed E-state index contributed by atoms with van der Waals surface area (Å²) >= 11 is 0. The number of para-hydroxylation sites is 1. The van der Waals surface area contributed by atoms with Crippen LogP contribution in [-0.4, -0.2) is 92.3 Å². The number of rotatable bonds is 9. The van der Waals surface area contributed by atoms with E-state index in [0.29, 0.717) is 35.0 Å². The molecular formula is C37H51N5O7S. The van der Waals surface area contributed by atoms with Crippen molar-refractivity contribution in [3.05, 3.63) is 46.6 Å². The second-order valence-electron chi connectivity index (χ2n) is 15.0. The number of primary amides is 1. The smallest absolute Gasteiger partial charge is 0.353 e. The Bertz CT molecular complexity index is 1920. The van der Waals surface area contributed by atoms with Gasteiger partial charge in [-0.25, -0.2) is 13.2 Å². The van der Waals surface area contributed by atoms with Crippen LogP contribution in [0.25, 0.3) is 22.0 Å². The molecule has 0 spiro atoms. The van der Waals surface area contributed by atoms with Crippen LogP contribution in [-0.2, 0) is 33.7 Å². The first-order valence-electron chi connectivity index (χ1n) is 17.3. The van der Waals surface area contributed by atoms with Gasteiger partial charge in [0.15, 0.2) is 5.75 Å². The van der Waals surface area contributed by atoms with Gasteiger partial charge in [-0.15, -0.1) is 0 Å². The molecule has 2 aromatic carbocycles. The van der Waals surface area contributed by atoms with Crippen LogP contribution in [0.2, 0.25) is 0 Å². The van der Waals surface area contributed by atoms with E-state index in [9.17, 15) is 27.9 Å². The molecule has 4 N–H and O–H groups in total. The Labute approximate surface area is 295 Å². The Hall–Kier alpha value is -4.10. The maximum atomic E-state index is 13.4. The fourth-order valence-electron chi connectivity index (χ4n) is 7.87. The molecule has 0 bridgehead atoms. The number of sulfonamides is 1. The molecule has 3 aromatic rings. The highest BCUT2D eigenvalue weighted by Gasteiger charge is 2.35. The summed E-state index contributed by atoms with van der Waals surface area (Å²) in [4.78, 5) is 43.6. The van der Waals surface area contributed by atoms with Gasteiger partial charge < -0.3 is 29.9 Å². The maximum absolute atomic E-state index is 13.4. The van der Waals surface area contributed by atoms with E-state index in [-0.39, 0.29) is 40.4 Å². The molecule has 2 amide bonds. The van der Waals surface area contributed by atoms with Crippen LogP contribution in [0.1, 0.15) is 84.8 Å². The van der Waals surface area contributed by atoms with Crippen molar-refractivity contribution in [3.63, 3.8) is 0 Å². The average Bonchev–Trinajstić information content (AvgIpc) is 3.15. The number of carboxylic acids is 1. The second kappa shape index (κ2) is 14.3. The van der Waals surface area contributed by atoms with Crippen LogP contribution >= 0.6 is 0 Å². The predicted molar refractivity (Wildman–Crippen MR) is 195 cm³/mol. The third-order valence-electron chi connectivity index (χ3n) is 10.3. The third-order valence-corrected chi connectivity index (χ3v) is 10.9. The Kier molecular flexibility index (Phi) is 10.6. The minimum absolute atomic E-state index is 0.0261. The number of nitrogens with one attached hydrogen (secondary N) is 1. The molecule has 1 atom stereocenters. The lowest BCUT2D eigenvalue weighted by atomic mass is 9.79. The van der Waals surface area contributed by atoms with Crippen molar-refractivity contribution >= 4 is 44.4 Å². The highest BCUT2D eigenvalue weighted by Crippen LogP contribution is 2.50. The molecule has 12 nitrogen and oxygen atoms in total. The summed E-state index contributed by atoms with van der Waals surface area (Å²) < 4.78 is 35.5. The lowest BCUT2D eigenvalue weighted by Crippen LogP contribution is -2.42. The number of amides is 2. The number of hydrogen-bond acceptors (Lipinski definition) is 7. The Balaban J connectivity index is 1.63. The summed E-state index contributed by atoms with van der Waals surface area (Å²) in [7, 11) is 1.17. The predicted octanol–water partition coefficient (Wildman–Crippen LogP) is 4.83. The van der Waals surface area contributed by atoms with Crippen molar-refractivity contribution in [2.24, 2.45) is 24.6 Å². The fraction of sp³-hybridized carbons (Fsp3) is 0.541. The summed E-state index contributed by atoms with van der Waals surface area (Å²) in [6, 6.07) is 7.33. The van der Waals surface area contributed by atoms with Gasteiger partial charge in [0.2, 0.25) is 15.9 Å². The number of aryl methyl sites for hydroxylation is 1. The summed E-state index contributed by atoms with van der Waals surface area (Å²) in [5.41, 5.74) is 7.82. The number of piperidine rings is 1. The molecule has 2 fully saturated rings. The van der Waals surface area contributed by atoms with E-state index in [1.165, 1.54) is 7.11 Å². The molecule has 2 aliphatic rings. The summed E-state index contributed by atoms with van der Waals surface area (Å²) in [5.74, 6) is -1.46. The summed E-state index contributed by atoms with van der Waals surface area (Å²) in [5, 5.41) is 11.4. The first-order chi connectivity index (χ1) is 23.4. The molecule has 0 saturated carbocycles. The van der Waals surface area contributed by atoms with E-state index in [0.717, 1.165) is 69.1 Å². The molecule has 3 heterocycles. The Morgan fingerprint density at radius 2 is 1.70 bits per heavy atom. The normalized spacial score (nSPS) is 18.2. The number of aromatic carboxylic acids is 1. The van der Waals surface area contributed by atoms with Crippen LogP contribution in [0.5, 0.6) is 5.75 Å². The molecule has 2 aliphatic heterocycles. The number of aromatic nitrogens is 1. The topological polar surface area (TPSA) is 164 Å². The maximum Gasteiger partial charge on any atom is 0.353 e. The van der Waals surface area contributed by atoms with Gasteiger partial charge in [0.25, 0.3) is 5.91 Å². The number of carbonyl (C=O) groups excluding carboxylic acids is 2. The van der Waals surface area contributed by atoms with E-state index in [1.54, 1.807) is 17.7 Å². The quantitative estimate of drug-likeness (QED) is 0.284. The number of carbonyl (C=O) groups is 3. The highest BCUT2D eigenvalue weighted by molar-refractivity contribution is 7.92. The van der Waals surface area contributed by atoms with E-state index < -0.39 is 27.3 Å². The number of likely N-dealkylation sites (tertiary alicyclic amines) is 2. The van der Waals surface area contributed by atoms with Crippen molar-refractivity contribution in [3.8, 4) is 16.9 Å². The SMILES string of the molecule is COc1c(C(N)=O)cc(C(C)(C)C)c(-c2c(C(=O)O)n(C)c3c(CC4CCCN(C(=O)C5CCN(C)CC5)CC4)cccc23)c1NS(C)(=O)=O. The average molecular weight is 710 g/mol. The number of ether oxygens (including phenoxy) is 1. The van der Waals surface area contributed by atoms with Gasteiger partial charge in [-0.05, 0) is 87.2 Å². The molecule has 13 heteroatoms. The van der Waals surface area contributed by atoms with Crippen LogP contribution in [0, 0.1) is 11.8 Å². The van der Waals surface area contributed by atoms with Gasteiger partial charge in [0, 0.05) is 42.6 Å². The summed E-state index contributed by atoms with van der Waals surface area (Å²) in [6.07, 6.45) is 6.16. The highest BCUT2D eigenvalue weighted by atomic mass is 32.2. The molecule has 272 valence electrons. The zero-order chi connectivity index (χ0) is 36.7. The number of nitrogens with zero attached hydrogens (tertiary/aromatic N) is 3. The van der Waals surface area contributed by atoms with Crippen molar-refractivity contribution in [1.82, 2.24) is 14.4 Å². The van der Waals surface area contributed by atoms with Crippen molar-refractivity contribution in [2.45, 2.75) is 64.7 Å². The molecule has 1 aromatic heterocycles. The molecule has 0 aliphatic carbocycles. The molecule has 5 rings (SSSR count). The van der Waals surface area contributed by atoms with Crippen LogP contribution in [0.15, 0.2) is 24.3 Å². The Morgan fingerprint density at radius 3 is 2.28 bits per heavy atom. The van der Waals surface area contributed by atoms with E-state index in [1.807, 2.05) is 43.9 Å². The van der Waals surface area contributed by atoms with E-state index >= 15 is 0 Å². The Morgan fingerprint density at radius 1 is 1.02 bits per heavy atom. The monoisotopic (exact) mass is 709 g/mol. The molecular weight excluding hydrogens is 659 g/mol. The number of methoxy groups -OCH3 is 1. The van der Waals surface area contributed by atoms with Crippen LogP contribution < -0.4 is 15.2 Å². The molecule has 50 heavy (non-hydrogen) atoms. The number of nitrogens with two attached hydrogens (primary N) is 1. The minimum atomic E-state index is -3.94. The van der Waals surface area contributed by atoms with Gasteiger partial charge in [0.1, 0.15) is 5.69 Å². The minimum Gasteiger partial charge on any atom is -0.494 e. The largest absolute Gasteiger partial charge is 0.494 e. The van der Waals surface area contributed by atoms with Crippen molar-refractivity contribution < 1.29 is 32.6 Å². The lowest BCUT2D eigenvalue weighted by Gasteiger charge is -2.32. The zero-order valence-corrected chi connectivity index (χ0v) is 31.1. The second-order valence-corrected chi connectivity index (χ2v) is 16.8. The van der Waals surface area contributed by atoms with E-state index in [4.69, 9.17) is 10.5 Å². The van der Waals surface area contributed by atoms with Gasteiger partial charge >= 0.3 is 5.97 Å². The van der Waals surface area contributed by atoms with E-state index in [2.05, 4.69) is 16.7 Å². The fourth-order valence-corrected chi connectivity index (χ4v) is 8.44. The molecule has 0 radical (unpaired) electrons. The van der Waals surface area contributed by atoms with Gasteiger partial charge in [-0.2, -0.15) is 0 Å². The molecule has 2 saturated heterocycles. The van der Waals surface area contributed by atoms with Gasteiger partial charge in [-0.1, -0.05) is 39.0 Å². The number of fused-ring (bicyclic) bond motifs is 1. The number of anilines is 1. The van der Waals surface area contributed by atoms with Crippen LogP contribution in [0.3, 0.4) is 0 Å². The van der Waals surface area contributed by atoms with Gasteiger partial charge in [0.05, 0.1) is 30.1 Å². The number of hydrogen-bond donors (Lipinski definition) is 3. The lowest BCUT2D eigenvalue weighted by molar-refractivity contribution is -0.136. The van der Waals surface area contributed by atoms with Crippen molar-refractivity contribution in [2.75, 3.05) is 51.3 Å². The van der Waals surface area contributed by atoms with Crippen molar-refractivity contribution in [1.29, 1.82) is 0 Å². The summed E-state index contributed by atoms with van der Waals surface area (Å²) in [6.45, 7) is 9.04. The van der Waals surface area contributed by atoms with Gasteiger partial charge in [-0.3, -0.25) is 14.3 Å².